The molecule has 0 aromatic heterocycles. The van der Waals surface area contributed by atoms with Crippen LogP contribution in [0.2, 0.25) is 0 Å². The number of rotatable bonds is 9. The van der Waals surface area contributed by atoms with Crippen molar-refractivity contribution >= 4 is 12.1 Å². The van der Waals surface area contributed by atoms with Gasteiger partial charge < -0.3 is 4.74 Å². The summed E-state index contributed by atoms with van der Waals surface area (Å²) >= 11 is 0. The molecule has 0 aliphatic heterocycles. The van der Waals surface area contributed by atoms with Gasteiger partial charge >= 0.3 is 0 Å². The minimum atomic E-state index is -0.140. The van der Waals surface area contributed by atoms with Gasteiger partial charge in [-0.3, -0.25) is 4.79 Å². The third kappa shape index (κ3) is 6.24. The molecule has 2 aromatic rings. The molecule has 2 aromatic carbocycles. The Labute approximate surface area is 143 Å². The van der Waals surface area contributed by atoms with Crippen LogP contribution in [0.5, 0.6) is 5.75 Å². The Kier molecular flexibility index (Phi) is 7.54. The number of para-hydroxylation sites is 1. The quantitative estimate of drug-likeness (QED) is 0.431. The van der Waals surface area contributed by atoms with Crippen molar-refractivity contribution in [2.24, 2.45) is 5.10 Å². The average Bonchev–Trinajstić information content (AvgIpc) is 2.61. The number of ether oxygens (including phenoxy) is 1. The Bertz CT molecular complexity index is 654. The van der Waals surface area contributed by atoms with Gasteiger partial charge in [0.25, 0.3) is 0 Å². The summed E-state index contributed by atoms with van der Waals surface area (Å²) < 4.78 is 5.79. The number of unbranched alkanes of at least 4 members (excludes halogenated alkanes) is 2. The summed E-state index contributed by atoms with van der Waals surface area (Å²) in [6.07, 6.45) is 5.30. The number of nitrogens with zero attached hydrogens (tertiary/aromatic N) is 1. The highest BCUT2D eigenvalue weighted by Crippen LogP contribution is 2.16. The van der Waals surface area contributed by atoms with Gasteiger partial charge in [-0.1, -0.05) is 62.2 Å². The molecule has 0 radical (unpaired) electrons. The molecule has 4 nitrogen and oxygen atoms in total. The zero-order valence-electron chi connectivity index (χ0n) is 14.1. The number of hydrazone groups is 1. The van der Waals surface area contributed by atoms with E-state index in [4.69, 9.17) is 4.74 Å². The third-order valence-electron chi connectivity index (χ3n) is 3.52. The highest BCUT2D eigenvalue weighted by molar-refractivity contribution is 5.85. The second kappa shape index (κ2) is 10.2. The monoisotopic (exact) mass is 324 g/mol. The summed E-state index contributed by atoms with van der Waals surface area (Å²) in [6, 6.07) is 17.3. The standard InChI is InChI=1S/C20H24N2O2/c1-2-3-9-14-24-19-13-8-7-12-18(19)16-21-22-20(23)15-17-10-5-4-6-11-17/h4-8,10-13,16H,2-3,9,14-15H2,1H3,(H,22,23)/b21-16-. The molecule has 1 amide bonds. The molecule has 0 heterocycles. The lowest BCUT2D eigenvalue weighted by atomic mass is 10.1. The molecule has 0 atom stereocenters. The van der Waals surface area contributed by atoms with Gasteiger partial charge in [0.2, 0.25) is 5.91 Å². The smallest absolute Gasteiger partial charge is 0.244 e. The van der Waals surface area contributed by atoms with Crippen LogP contribution in [-0.4, -0.2) is 18.7 Å². The second-order valence-corrected chi connectivity index (χ2v) is 5.55. The van der Waals surface area contributed by atoms with Crippen LogP contribution in [0.3, 0.4) is 0 Å². The molecular weight excluding hydrogens is 300 g/mol. The Balaban J connectivity index is 1.86. The van der Waals surface area contributed by atoms with Gasteiger partial charge in [0, 0.05) is 5.56 Å². The Hall–Kier alpha value is -2.62. The van der Waals surface area contributed by atoms with Crippen molar-refractivity contribution < 1.29 is 9.53 Å². The van der Waals surface area contributed by atoms with Crippen molar-refractivity contribution in [1.29, 1.82) is 0 Å². The SMILES string of the molecule is CCCCCOc1ccccc1/C=N\NC(=O)Cc1ccccc1. The molecule has 24 heavy (non-hydrogen) atoms. The number of hydrogen-bond donors (Lipinski definition) is 1. The lowest BCUT2D eigenvalue weighted by Crippen LogP contribution is -2.19. The van der Waals surface area contributed by atoms with E-state index in [1.807, 2.05) is 54.6 Å². The molecule has 126 valence electrons. The largest absolute Gasteiger partial charge is 0.493 e. The zero-order chi connectivity index (χ0) is 17.0. The van der Waals surface area contributed by atoms with Gasteiger partial charge in [0.1, 0.15) is 5.75 Å². The fraction of sp³-hybridized carbons (Fsp3) is 0.300. The van der Waals surface area contributed by atoms with Crippen molar-refractivity contribution in [3.63, 3.8) is 0 Å². The first-order valence-electron chi connectivity index (χ1n) is 8.37. The van der Waals surface area contributed by atoms with E-state index in [1.54, 1.807) is 6.21 Å². The van der Waals surface area contributed by atoms with Gasteiger partial charge in [0.05, 0.1) is 19.2 Å². The van der Waals surface area contributed by atoms with E-state index in [0.29, 0.717) is 13.0 Å². The van der Waals surface area contributed by atoms with Gasteiger partial charge in [-0.05, 0) is 24.1 Å². The summed E-state index contributed by atoms with van der Waals surface area (Å²) in [5.41, 5.74) is 4.38. The fourth-order valence-corrected chi connectivity index (χ4v) is 2.25. The van der Waals surface area contributed by atoms with Crippen molar-refractivity contribution in [3.05, 3.63) is 65.7 Å². The Morgan fingerprint density at radius 2 is 1.83 bits per heavy atom. The number of amides is 1. The molecule has 0 bridgehead atoms. The van der Waals surface area contributed by atoms with Crippen LogP contribution in [-0.2, 0) is 11.2 Å². The van der Waals surface area contributed by atoms with E-state index < -0.39 is 0 Å². The van der Waals surface area contributed by atoms with Gasteiger partial charge in [-0.15, -0.1) is 0 Å². The molecule has 0 aliphatic rings. The van der Waals surface area contributed by atoms with E-state index >= 15 is 0 Å². The van der Waals surface area contributed by atoms with E-state index in [1.165, 1.54) is 6.42 Å². The normalized spacial score (nSPS) is 10.7. The molecule has 1 N–H and O–H groups in total. The molecule has 0 spiro atoms. The van der Waals surface area contributed by atoms with E-state index in [0.717, 1.165) is 29.7 Å². The van der Waals surface area contributed by atoms with E-state index in [-0.39, 0.29) is 5.91 Å². The number of benzene rings is 2. The summed E-state index contributed by atoms with van der Waals surface area (Å²) in [4.78, 5) is 11.9. The number of nitrogens with one attached hydrogen (secondary N) is 1. The van der Waals surface area contributed by atoms with Crippen LogP contribution >= 0.6 is 0 Å². The molecule has 4 heteroatoms. The molecular formula is C20H24N2O2. The van der Waals surface area contributed by atoms with Crippen LogP contribution in [0, 0.1) is 0 Å². The summed E-state index contributed by atoms with van der Waals surface area (Å²) in [7, 11) is 0. The minimum Gasteiger partial charge on any atom is -0.493 e. The summed E-state index contributed by atoms with van der Waals surface area (Å²) in [5, 5.41) is 4.04. The van der Waals surface area contributed by atoms with Crippen LogP contribution in [0.25, 0.3) is 0 Å². The maximum Gasteiger partial charge on any atom is 0.244 e. The topological polar surface area (TPSA) is 50.7 Å². The third-order valence-corrected chi connectivity index (χ3v) is 3.52. The lowest BCUT2D eigenvalue weighted by molar-refractivity contribution is -0.120. The lowest BCUT2D eigenvalue weighted by Gasteiger charge is -2.08. The number of carbonyl (C=O) groups is 1. The Morgan fingerprint density at radius 3 is 2.62 bits per heavy atom. The highest BCUT2D eigenvalue weighted by atomic mass is 16.5. The number of carbonyl (C=O) groups excluding carboxylic acids is 1. The van der Waals surface area contributed by atoms with Crippen LogP contribution in [0.15, 0.2) is 59.7 Å². The molecule has 2 rings (SSSR count). The fourth-order valence-electron chi connectivity index (χ4n) is 2.25. The molecule has 0 saturated heterocycles. The van der Waals surface area contributed by atoms with Crippen molar-refractivity contribution in [2.45, 2.75) is 32.6 Å². The van der Waals surface area contributed by atoms with Crippen LogP contribution in [0.4, 0.5) is 0 Å². The van der Waals surface area contributed by atoms with Crippen molar-refractivity contribution in [3.8, 4) is 5.75 Å². The highest BCUT2D eigenvalue weighted by Gasteiger charge is 2.02. The maximum absolute atomic E-state index is 11.9. The first-order valence-corrected chi connectivity index (χ1v) is 8.37. The van der Waals surface area contributed by atoms with Gasteiger partial charge in [-0.2, -0.15) is 5.10 Å². The van der Waals surface area contributed by atoms with Crippen molar-refractivity contribution in [2.75, 3.05) is 6.61 Å². The second-order valence-electron chi connectivity index (χ2n) is 5.55. The predicted molar refractivity (Wildman–Crippen MR) is 97.3 cm³/mol. The van der Waals surface area contributed by atoms with Crippen LogP contribution in [0.1, 0.15) is 37.3 Å². The first-order chi connectivity index (χ1) is 11.8. The number of hydrogen-bond acceptors (Lipinski definition) is 3. The molecule has 0 saturated carbocycles. The van der Waals surface area contributed by atoms with Gasteiger partial charge in [-0.25, -0.2) is 5.43 Å². The average molecular weight is 324 g/mol. The summed E-state index contributed by atoms with van der Waals surface area (Å²) in [5.74, 6) is 0.647. The first kappa shape index (κ1) is 17.7. The minimum absolute atomic E-state index is 0.140. The van der Waals surface area contributed by atoms with Crippen molar-refractivity contribution in [1.82, 2.24) is 5.43 Å². The maximum atomic E-state index is 11.9. The van der Waals surface area contributed by atoms with E-state index in [2.05, 4.69) is 17.5 Å². The zero-order valence-corrected chi connectivity index (χ0v) is 14.1. The molecule has 0 fully saturated rings. The molecule has 0 aliphatic carbocycles. The van der Waals surface area contributed by atoms with Gasteiger partial charge in [0.15, 0.2) is 0 Å². The van der Waals surface area contributed by atoms with Crippen LogP contribution < -0.4 is 10.2 Å². The Morgan fingerprint density at radius 1 is 1.08 bits per heavy atom. The molecule has 0 unspecified atom stereocenters. The predicted octanol–water partition coefficient (Wildman–Crippen LogP) is 3.95. The summed E-state index contributed by atoms with van der Waals surface area (Å²) in [6.45, 7) is 2.86. The van der Waals surface area contributed by atoms with E-state index in [9.17, 15) is 4.79 Å².